The van der Waals surface area contributed by atoms with Gasteiger partial charge in [-0.05, 0) is 25.1 Å². The molecule has 0 unspecified atom stereocenters. The molecule has 0 aliphatic carbocycles. The molecule has 18 heavy (non-hydrogen) atoms. The topological polar surface area (TPSA) is 67.4 Å². The first kappa shape index (κ1) is 14.6. The number of benzene rings is 1. The lowest BCUT2D eigenvalue weighted by atomic mass is 10.3. The summed E-state index contributed by atoms with van der Waals surface area (Å²) in [6, 6.07) is 4.14. The molecule has 0 fully saturated rings. The average Bonchev–Trinajstić information content (AvgIpc) is 2.32. The van der Waals surface area contributed by atoms with E-state index in [0.29, 0.717) is 15.7 Å². The van der Waals surface area contributed by atoms with Crippen LogP contribution in [0.4, 0.5) is 10.5 Å². The van der Waals surface area contributed by atoms with Crippen LogP contribution in [-0.2, 0) is 9.53 Å². The third-order valence-corrected chi connectivity index (χ3v) is 2.62. The van der Waals surface area contributed by atoms with Gasteiger partial charge in [0, 0.05) is 5.69 Å². The maximum absolute atomic E-state index is 11.4. The minimum Gasteiger partial charge on any atom is -0.465 e. The Hall–Kier alpha value is -1.46. The van der Waals surface area contributed by atoms with Gasteiger partial charge in [0.25, 0.3) is 0 Å². The fourth-order valence-electron chi connectivity index (χ4n) is 1.11. The Kier molecular flexibility index (Phi) is 5.74. The van der Waals surface area contributed by atoms with E-state index in [1.807, 2.05) is 0 Å². The van der Waals surface area contributed by atoms with Crippen LogP contribution in [0.5, 0.6) is 0 Å². The van der Waals surface area contributed by atoms with Gasteiger partial charge in [0.15, 0.2) is 0 Å². The van der Waals surface area contributed by atoms with E-state index in [2.05, 4.69) is 15.4 Å². The molecule has 2 N–H and O–H groups in total. The number of hydrogen-bond acceptors (Lipinski definition) is 3. The van der Waals surface area contributed by atoms with E-state index < -0.39 is 12.0 Å². The van der Waals surface area contributed by atoms with E-state index in [4.69, 9.17) is 23.2 Å². The normalized spacial score (nSPS) is 9.72. The average molecular weight is 291 g/mol. The van der Waals surface area contributed by atoms with E-state index in [1.54, 1.807) is 19.1 Å². The largest absolute Gasteiger partial charge is 0.465 e. The predicted octanol–water partition coefficient (Wildman–Crippen LogP) is 2.68. The van der Waals surface area contributed by atoms with Crippen LogP contribution >= 0.6 is 23.2 Å². The Morgan fingerprint density at radius 3 is 2.61 bits per heavy atom. The van der Waals surface area contributed by atoms with Crippen molar-refractivity contribution in [1.29, 1.82) is 0 Å². The van der Waals surface area contributed by atoms with Gasteiger partial charge in [0.1, 0.15) is 6.54 Å². The van der Waals surface area contributed by atoms with Crippen LogP contribution in [-0.4, -0.2) is 25.2 Å². The molecule has 98 valence electrons. The Bertz CT molecular complexity index is 452. The standard InChI is InChI=1S/C11H12Cl2N2O3/c1-2-18-10(16)6-14-11(17)15-7-3-4-8(12)9(13)5-7/h3-5H,2,6H2,1H3,(H2,14,15,17). The number of nitrogens with one attached hydrogen (secondary N) is 2. The third kappa shape index (κ3) is 4.81. The van der Waals surface area contributed by atoms with Crippen molar-refractivity contribution in [3.05, 3.63) is 28.2 Å². The van der Waals surface area contributed by atoms with Crippen molar-refractivity contribution < 1.29 is 14.3 Å². The highest BCUT2D eigenvalue weighted by Crippen LogP contribution is 2.24. The van der Waals surface area contributed by atoms with Gasteiger partial charge in [-0.1, -0.05) is 23.2 Å². The first-order chi connectivity index (χ1) is 8.52. The number of anilines is 1. The smallest absolute Gasteiger partial charge is 0.325 e. The van der Waals surface area contributed by atoms with Crippen molar-refractivity contribution in [2.24, 2.45) is 0 Å². The summed E-state index contributed by atoms with van der Waals surface area (Å²) >= 11 is 11.5. The molecule has 0 aromatic heterocycles. The first-order valence-corrected chi connectivity index (χ1v) is 5.94. The highest BCUT2D eigenvalue weighted by atomic mass is 35.5. The monoisotopic (exact) mass is 290 g/mol. The number of amides is 2. The predicted molar refractivity (Wildman–Crippen MR) is 70.1 cm³/mol. The zero-order valence-corrected chi connectivity index (χ0v) is 11.1. The molecular weight excluding hydrogens is 279 g/mol. The molecular formula is C11H12Cl2N2O3. The molecule has 0 aliphatic heterocycles. The lowest BCUT2D eigenvalue weighted by Gasteiger charge is -2.07. The molecule has 1 aromatic rings. The third-order valence-electron chi connectivity index (χ3n) is 1.88. The van der Waals surface area contributed by atoms with Crippen molar-refractivity contribution >= 4 is 40.9 Å². The van der Waals surface area contributed by atoms with Gasteiger partial charge in [-0.25, -0.2) is 4.79 Å². The molecule has 0 aliphatic rings. The second-order valence-corrected chi connectivity index (χ2v) is 4.06. The Morgan fingerprint density at radius 2 is 2.00 bits per heavy atom. The lowest BCUT2D eigenvalue weighted by Crippen LogP contribution is -2.34. The van der Waals surface area contributed by atoms with Gasteiger partial charge in [-0.15, -0.1) is 0 Å². The van der Waals surface area contributed by atoms with E-state index in [1.165, 1.54) is 6.07 Å². The maximum Gasteiger partial charge on any atom is 0.325 e. The number of hydrogen-bond donors (Lipinski definition) is 2. The van der Waals surface area contributed by atoms with Crippen molar-refractivity contribution in [1.82, 2.24) is 5.32 Å². The minimum atomic E-state index is -0.526. The molecule has 0 atom stereocenters. The molecule has 5 nitrogen and oxygen atoms in total. The zero-order valence-electron chi connectivity index (χ0n) is 9.63. The summed E-state index contributed by atoms with van der Waals surface area (Å²) < 4.78 is 4.66. The SMILES string of the molecule is CCOC(=O)CNC(=O)Nc1ccc(Cl)c(Cl)c1. The van der Waals surface area contributed by atoms with Gasteiger partial charge in [0.2, 0.25) is 0 Å². The Labute approximate surface area is 114 Å². The molecule has 1 rings (SSSR count). The minimum absolute atomic E-state index is 0.193. The molecule has 0 heterocycles. The fraction of sp³-hybridized carbons (Fsp3) is 0.273. The number of urea groups is 1. The zero-order chi connectivity index (χ0) is 13.5. The summed E-state index contributed by atoms with van der Waals surface area (Å²) in [6.45, 7) is 1.77. The molecule has 1 aromatic carbocycles. The summed E-state index contributed by atoms with van der Waals surface area (Å²) in [5.74, 6) is -0.498. The van der Waals surface area contributed by atoms with Crippen LogP contribution in [0, 0.1) is 0 Å². The Balaban J connectivity index is 2.44. The molecule has 0 radical (unpaired) electrons. The van der Waals surface area contributed by atoms with Crippen molar-refractivity contribution in [3.8, 4) is 0 Å². The summed E-state index contributed by atoms with van der Waals surface area (Å²) in [5, 5.41) is 5.59. The fourth-order valence-corrected chi connectivity index (χ4v) is 1.41. The first-order valence-electron chi connectivity index (χ1n) is 5.18. The molecule has 2 amide bonds. The van der Waals surface area contributed by atoms with Crippen LogP contribution in [0.2, 0.25) is 10.0 Å². The van der Waals surface area contributed by atoms with Crippen molar-refractivity contribution in [3.63, 3.8) is 0 Å². The summed E-state index contributed by atoms with van der Waals surface area (Å²) in [4.78, 5) is 22.4. The molecule has 0 bridgehead atoms. The summed E-state index contributed by atoms with van der Waals surface area (Å²) in [7, 11) is 0. The molecule has 7 heteroatoms. The van der Waals surface area contributed by atoms with Crippen LogP contribution in [0.15, 0.2) is 18.2 Å². The van der Waals surface area contributed by atoms with Crippen LogP contribution < -0.4 is 10.6 Å². The number of carbonyl (C=O) groups excluding carboxylic acids is 2. The van der Waals surface area contributed by atoms with Crippen LogP contribution in [0.3, 0.4) is 0 Å². The summed E-state index contributed by atoms with van der Waals surface area (Å²) in [5.41, 5.74) is 0.478. The summed E-state index contributed by atoms with van der Waals surface area (Å²) in [6.07, 6.45) is 0. The number of halogens is 2. The second-order valence-electron chi connectivity index (χ2n) is 3.24. The van der Waals surface area contributed by atoms with E-state index in [0.717, 1.165) is 0 Å². The highest BCUT2D eigenvalue weighted by molar-refractivity contribution is 6.42. The van der Waals surface area contributed by atoms with E-state index in [-0.39, 0.29) is 13.2 Å². The van der Waals surface area contributed by atoms with Crippen LogP contribution in [0.1, 0.15) is 6.92 Å². The highest BCUT2D eigenvalue weighted by Gasteiger charge is 2.07. The van der Waals surface area contributed by atoms with Crippen molar-refractivity contribution in [2.45, 2.75) is 6.92 Å². The number of esters is 1. The van der Waals surface area contributed by atoms with E-state index >= 15 is 0 Å². The van der Waals surface area contributed by atoms with Gasteiger partial charge >= 0.3 is 12.0 Å². The molecule has 0 saturated carbocycles. The van der Waals surface area contributed by atoms with Gasteiger partial charge in [-0.2, -0.15) is 0 Å². The number of carbonyl (C=O) groups is 2. The second kappa shape index (κ2) is 7.08. The van der Waals surface area contributed by atoms with Crippen molar-refractivity contribution in [2.75, 3.05) is 18.5 Å². The quantitative estimate of drug-likeness (QED) is 0.838. The molecule has 0 saturated heterocycles. The van der Waals surface area contributed by atoms with Gasteiger partial charge < -0.3 is 15.4 Å². The van der Waals surface area contributed by atoms with Gasteiger partial charge in [0.05, 0.1) is 16.7 Å². The lowest BCUT2D eigenvalue weighted by molar-refractivity contribution is -0.141. The Morgan fingerprint density at radius 1 is 1.28 bits per heavy atom. The number of rotatable bonds is 4. The molecule has 0 spiro atoms. The van der Waals surface area contributed by atoms with Gasteiger partial charge in [-0.3, -0.25) is 4.79 Å². The number of ether oxygens (including phenoxy) is 1. The maximum atomic E-state index is 11.4. The van der Waals surface area contributed by atoms with E-state index in [9.17, 15) is 9.59 Å². The van der Waals surface area contributed by atoms with Crippen LogP contribution in [0.25, 0.3) is 0 Å².